The lowest BCUT2D eigenvalue weighted by molar-refractivity contribution is 0.0476. The quantitative estimate of drug-likeness (QED) is 0.671. The molecule has 178 valence electrons. The molecule has 1 fully saturated rings. The molecule has 0 spiro atoms. The normalized spacial score (nSPS) is 15.9. The molecule has 0 aliphatic carbocycles. The third-order valence-electron chi connectivity index (χ3n) is 5.69. The van der Waals surface area contributed by atoms with Crippen molar-refractivity contribution in [2.45, 2.75) is 91.6 Å². The average Bonchev–Trinajstić information content (AvgIpc) is 3.06. The van der Waals surface area contributed by atoms with E-state index < -0.39 is 16.9 Å². The summed E-state index contributed by atoms with van der Waals surface area (Å²) >= 11 is 0. The fourth-order valence-corrected chi connectivity index (χ4v) is 4.11. The van der Waals surface area contributed by atoms with Crippen molar-refractivity contribution in [3.63, 3.8) is 0 Å². The number of H-pyrrole nitrogens is 1. The van der Waals surface area contributed by atoms with Gasteiger partial charge in [0.15, 0.2) is 11.2 Å². The van der Waals surface area contributed by atoms with Crippen molar-refractivity contribution in [2.75, 3.05) is 13.1 Å². The third-order valence-corrected chi connectivity index (χ3v) is 5.69. The number of alkyl carbamates (subject to hydrolysis) is 1. The van der Waals surface area contributed by atoms with Crippen molar-refractivity contribution in [3.05, 3.63) is 26.7 Å². The van der Waals surface area contributed by atoms with Crippen molar-refractivity contribution >= 4 is 17.3 Å². The summed E-state index contributed by atoms with van der Waals surface area (Å²) in [7, 11) is 0. The number of ether oxygens (including phenoxy) is 1. The van der Waals surface area contributed by atoms with Gasteiger partial charge in [0.05, 0.1) is 6.54 Å². The number of imidazole rings is 1. The van der Waals surface area contributed by atoms with Gasteiger partial charge in [-0.2, -0.15) is 0 Å². The highest BCUT2D eigenvalue weighted by Crippen LogP contribution is 2.18. The first-order valence-electron chi connectivity index (χ1n) is 11.6. The molecular formula is C22H36N6O4. The Bertz CT molecular complexity index is 1050. The molecule has 2 aromatic heterocycles. The van der Waals surface area contributed by atoms with Crippen LogP contribution in [0.25, 0.3) is 11.2 Å². The second-order valence-corrected chi connectivity index (χ2v) is 9.41. The minimum absolute atomic E-state index is 0.0770. The molecule has 3 rings (SSSR count). The van der Waals surface area contributed by atoms with Gasteiger partial charge in [0.25, 0.3) is 5.56 Å². The fourth-order valence-electron chi connectivity index (χ4n) is 4.11. The second kappa shape index (κ2) is 9.89. The predicted octanol–water partition coefficient (Wildman–Crippen LogP) is 2.20. The smallest absolute Gasteiger partial charge is 0.407 e. The summed E-state index contributed by atoms with van der Waals surface area (Å²) in [5.41, 5.74) is -0.388. The van der Waals surface area contributed by atoms with Crippen LogP contribution in [-0.4, -0.2) is 54.8 Å². The fraction of sp³-hybridized carbons (Fsp3) is 0.727. The lowest BCUT2D eigenvalue weighted by Gasteiger charge is -2.32. The Hall–Kier alpha value is -2.62. The van der Waals surface area contributed by atoms with E-state index in [1.807, 2.05) is 32.3 Å². The highest BCUT2D eigenvalue weighted by atomic mass is 16.6. The SMILES string of the molecule is CCCCn1c(=O)[nH]c(=O)c2c1nc(CN1CCC(NC(=O)OC(C)(C)C)CC1)n2CC. The number of piperidine rings is 1. The molecular weight excluding hydrogens is 412 g/mol. The Labute approximate surface area is 188 Å². The number of rotatable bonds is 7. The second-order valence-electron chi connectivity index (χ2n) is 9.41. The number of carbonyl (C=O) groups excluding carboxylic acids is 1. The first-order valence-corrected chi connectivity index (χ1v) is 11.6. The van der Waals surface area contributed by atoms with Crippen molar-refractivity contribution in [3.8, 4) is 0 Å². The van der Waals surface area contributed by atoms with Crippen LogP contribution >= 0.6 is 0 Å². The Morgan fingerprint density at radius 2 is 1.88 bits per heavy atom. The van der Waals surface area contributed by atoms with Gasteiger partial charge in [-0.1, -0.05) is 13.3 Å². The number of amides is 1. The number of aromatic amines is 1. The van der Waals surface area contributed by atoms with Gasteiger partial charge in [-0.3, -0.25) is 19.2 Å². The largest absolute Gasteiger partial charge is 0.444 e. The molecule has 0 bridgehead atoms. The van der Waals surface area contributed by atoms with E-state index in [-0.39, 0.29) is 12.1 Å². The molecule has 2 aromatic rings. The highest BCUT2D eigenvalue weighted by molar-refractivity contribution is 5.71. The monoisotopic (exact) mass is 448 g/mol. The van der Waals surface area contributed by atoms with Crippen molar-refractivity contribution in [1.82, 2.24) is 29.3 Å². The molecule has 1 aliphatic heterocycles. The zero-order chi connectivity index (χ0) is 23.5. The summed E-state index contributed by atoms with van der Waals surface area (Å²) in [5.74, 6) is 0.780. The lowest BCUT2D eigenvalue weighted by Crippen LogP contribution is -2.46. The van der Waals surface area contributed by atoms with E-state index in [0.717, 1.165) is 44.6 Å². The van der Waals surface area contributed by atoms with Crippen LogP contribution in [0.3, 0.4) is 0 Å². The van der Waals surface area contributed by atoms with Crippen molar-refractivity contribution in [2.24, 2.45) is 0 Å². The molecule has 3 heterocycles. The van der Waals surface area contributed by atoms with Gasteiger partial charge < -0.3 is 14.6 Å². The summed E-state index contributed by atoms with van der Waals surface area (Å²) in [6, 6.07) is 0.0770. The molecule has 0 radical (unpaired) electrons. The molecule has 32 heavy (non-hydrogen) atoms. The van der Waals surface area contributed by atoms with Crippen LogP contribution in [0.5, 0.6) is 0 Å². The summed E-state index contributed by atoms with van der Waals surface area (Å²) < 4.78 is 8.83. The van der Waals surface area contributed by atoms with Crippen LogP contribution in [0.15, 0.2) is 9.59 Å². The Morgan fingerprint density at radius 1 is 1.19 bits per heavy atom. The zero-order valence-corrected chi connectivity index (χ0v) is 19.9. The number of hydrogen-bond acceptors (Lipinski definition) is 6. The maximum atomic E-state index is 12.6. The predicted molar refractivity (Wildman–Crippen MR) is 123 cm³/mol. The first kappa shape index (κ1) is 24.0. The van der Waals surface area contributed by atoms with Crippen LogP contribution in [0.1, 0.15) is 66.1 Å². The lowest BCUT2D eigenvalue weighted by atomic mass is 10.1. The third kappa shape index (κ3) is 5.59. The van der Waals surface area contributed by atoms with Gasteiger partial charge in [-0.05, 0) is 47.0 Å². The Kier molecular flexibility index (Phi) is 7.43. The van der Waals surface area contributed by atoms with Gasteiger partial charge in [0, 0.05) is 32.2 Å². The van der Waals surface area contributed by atoms with Crippen LogP contribution in [-0.2, 0) is 24.4 Å². The van der Waals surface area contributed by atoms with E-state index in [2.05, 4.69) is 22.1 Å². The topological polar surface area (TPSA) is 114 Å². The molecule has 1 aliphatic rings. The summed E-state index contributed by atoms with van der Waals surface area (Å²) in [5, 5.41) is 2.95. The molecule has 10 nitrogen and oxygen atoms in total. The van der Waals surface area contributed by atoms with Crippen molar-refractivity contribution < 1.29 is 9.53 Å². The van der Waals surface area contributed by atoms with Gasteiger partial charge in [0.1, 0.15) is 11.4 Å². The number of hydrogen-bond donors (Lipinski definition) is 2. The zero-order valence-electron chi connectivity index (χ0n) is 19.9. The first-order chi connectivity index (χ1) is 15.1. The van der Waals surface area contributed by atoms with Gasteiger partial charge >= 0.3 is 11.8 Å². The number of aromatic nitrogens is 4. The van der Waals surface area contributed by atoms with Crippen LogP contribution in [0.4, 0.5) is 4.79 Å². The molecule has 0 unspecified atom stereocenters. The van der Waals surface area contributed by atoms with Crippen molar-refractivity contribution in [1.29, 1.82) is 0 Å². The minimum atomic E-state index is -0.514. The summed E-state index contributed by atoms with van der Waals surface area (Å²) in [6.07, 6.45) is 3.03. The van der Waals surface area contributed by atoms with Gasteiger partial charge in [0.2, 0.25) is 0 Å². The van der Waals surface area contributed by atoms with E-state index in [9.17, 15) is 14.4 Å². The van der Waals surface area contributed by atoms with E-state index in [0.29, 0.717) is 30.8 Å². The maximum Gasteiger partial charge on any atom is 0.407 e. The van der Waals surface area contributed by atoms with E-state index in [4.69, 9.17) is 9.72 Å². The number of nitrogens with zero attached hydrogens (tertiary/aromatic N) is 4. The van der Waals surface area contributed by atoms with Crippen LogP contribution < -0.4 is 16.6 Å². The molecule has 1 saturated heterocycles. The molecule has 1 amide bonds. The number of nitrogens with one attached hydrogen (secondary N) is 2. The van der Waals surface area contributed by atoms with E-state index >= 15 is 0 Å². The summed E-state index contributed by atoms with van der Waals surface area (Å²) in [4.78, 5) is 46.4. The molecule has 10 heteroatoms. The van der Waals surface area contributed by atoms with Gasteiger partial charge in [-0.25, -0.2) is 14.6 Å². The Morgan fingerprint density at radius 3 is 2.47 bits per heavy atom. The highest BCUT2D eigenvalue weighted by Gasteiger charge is 2.25. The molecule has 0 saturated carbocycles. The summed E-state index contributed by atoms with van der Waals surface area (Å²) in [6.45, 7) is 12.9. The number of aryl methyl sites for hydroxylation is 2. The Balaban J connectivity index is 1.73. The van der Waals surface area contributed by atoms with E-state index in [1.54, 1.807) is 4.57 Å². The number of carbonyl (C=O) groups is 1. The molecule has 0 atom stereocenters. The van der Waals surface area contributed by atoms with E-state index in [1.165, 1.54) is 0 Å². The van der Waals surface area contributed by atoms with Crippen LogP contribution in [0, 0.1) is 0 Å². The van der Waals surface area contributed by atoms with Crippen LogP contribution in [0.2, 0.25) is 0 Å². The molecule has 2 N–H and O–H groups in total. The molecule has 0 aromatic carbocycles. The standard InChI is InChI=1S/C22H36N6O4/c1-6-8-11-28-18-17(19(29)25-20(28)30)27(7-2)16(24-18)14-26-12-9-15(10-13-26)23-21(31)32-22(3,4)5/h15H,6-14H2,1-5H3,(H,23,31)(H,25,29,30). The number of likely N-dealkylation sites (tertiary alicyclic amines) is 1. The average molecular weight is 449 g/mol. The number of fused-ring (bicyclic) bond motifs is 1. The maximum absolute atomic E-state index is 12.6. The van der Waals surface area contributed by atoms with Gasteiger partial charge in [-0.15, -0.1) is 0 Å². The number of unbranched alkanes of at least 4 members (excludes halogenated alkanes) is 1. The minimum Gasteiger partial charge on any atom is -0.444 e.